The number of carbonyl (C=O) groups excluding carboxylic acids is 1. The molecule has 7 heteroatoms. The molecule has 172 valence electrons. The molecule has 0 fully saturated rings. The Morgan fingerprint density at radius 2 is 1.88 bits per heavy atom. The van der Waals surface area contributed by atoms with E-state index in [4.69, 9.17) is 4.74 Å². The molecule has 3 aromatic rings. The molecule has 2 N–H and O–H groups in total. The van der Waals surface area contributed by atoms with Crippen molar-refractivity contribution in [1.82, 2.24) is 14.8 Å². The van der Waals surface area contributed by atoms with E-state index in [9.17, 15) is 4.79 Å². The largest absolute Gasteiger partial charge is 0.494 e. The van der Waals surface area contributed by atoms with Gasteiger partial charge in [0.1, 0.15) is 18.1 Å². The second-order valence-electron chi connectivity index (χ2n) is 8.34. The van der Waals surface area contributed by atoms with E-state index >= 15 is 0 Å². The minimum absolute atomic E-state index is 0.170. The van der Waals surface area contributed by atoms with Gasteiger partial charge in [0.05, 0.1) is 12.2 Å². The third-order valence-electron chi connectivity index (χ3n) is 5.89. The number of aromatic nitrogens is 3. The molecule has 0 spiro atoms. The Morgan fingerprint density at radius 1 is 1.09 bits per heavy atom. The highest BCUT2D eigenvalue weighted by Gasteiger charge is 2.33. The van der Waals surface area contributed by atoms with E-state index in [1.54, 1.807) is 4.68 Å². The standard InChI is InChI=1S/C26H31N5O2/c1-4-5-6-9-16-33-21-14-12-20(13-15-21)24-23(19(3)29-26-27-17-28-31(24)26)25(32)30-22-11-8-7-10-18(22)2/h7-8,10-15,17,24H,4-6,9,16H2,1-3H3,(H,30,32)(H,27,28,29)/t24-/m1/s1. The van der Waals surface area contributed by atoms with Gasteiger partial charge in [0.25, 0.3) is 5.91 Å². The van der Waals surface area contributed by atoms with E-state index in [2.05, 4.69) is 27.6 Å². The van der Waals surface area contributed by atoms with Gasteiger partial charge in [-0.1, -0.05) is 56.5 Å². The Labute approximate surface area is 194 Å². The number of unbranched alkanes of at least 4 members (excludes halogenated alkanes) is 3. The van der Waals surface area contributed by atoms with Crippen LogP contribution in [0.4, 0.5) is 11.6 Å². The summed E-state index contributed by atoms with van der Waals surface area (Å²) in [5.74, 6) is 1.27. The van der Waals surface area contributed by atoms with Crippen LogP contribution in [0.3, 0.4) is 0 Å². The summed E-state index contributed by atoms with van der Waals surface area (Å²) in [6, 6.07) is 15.3. The van der Waals surface area contributed by atoms with Gasteiger partial charge in [-0.25, -0.2) is 4.68 Å². The molecule has 1 aliphatic heterocycles. The zero-order valence-electron chi connectivity index (χ0n) is 19.5. The van der Waals surface area contributed by atoms with E-state index in [-0.39, 0.29) is 5.91 Å². The molecule has 33 heavy (non-hydrogen) atoms. The predicted molar refractivity (Wildman–Crippen MR) is 130 cm³/mol. The molecule has 0 bridgehead atoms. The van der Waals surface area contributed by atoms with Crippen LogP contribution < -0.4 is 15.4 Å². The van der Waals surface area contributed by atoms with Crippen molar-refractivity contribution in [3.63, 3.8) is 0 Å². The number of fused-ring (bicyclic) bond motifs is 1. The molecule has 0 saturated carbocycles. The number of hydrogen-bond acceptors (Lipinski definition) is 5. The number of aryl methyl sites for hydroxylation is 1. The van der Waals surface area contributed by atoms with Crippen LogP contribution >= 0.6 is 0 Å². The van der Waals surface area contributed by atoms with Crippen molar-refractivity contribution in [1.29, 1.82) is 0 Å². The Morgan fingerprint density at radius 3 is 2.64 bits per heavy atom. The number of amides is 1. The SMILES string of the molecule is CCCCCCOc1ccc([C@@H]2C(C(=O)Nc3ccccc3C)=C(C)Nc3ncnn32)cc1. The number of nitrogens with one attached hydrogen (secondary N) is 2. The number of allylic oxidation sites excluding steroid dienone is 1. The maximum absolute atomic E-state index is 13.4. The van der Waals surface area contributed by atoms with Gasteiger partial charge in [-0.3, -0.25) is 4.79 Å². The first kappa shape index (κ1) is 22.6. The van der Waals surface area contributed by atoms with Crippen LogP contribution in [0.25, 0.3) is 0 Å². The number of benzene rings is 2. The van der Waals surface area contributed by atoms with Crippen LogP contribution in [-0.4, -0.2) is 27.3 Å². The lowest BCUT2D eigenvalue weighted by atomic mass is 9.95. The number of para-hydroxylation sites is 1. The van der Waals surface area contributed by atoms with Crippen molar-refractivity contribution in [2.75, 3.05) is 17.2 Å². The molecule has 0 unspecified atom stereocenters. The van der Waals surface area contributed by atoms with Crippen LogP contribution in [0, 0.1) is 6.92 Å². The monoisotopic (exact) mass is 445 g/mol. The van der Waals surface area contributed by atoms with Gasteiger partial charge in [-0.15, -0.1) is 0 Å². The zero-order chi connectivity index (χ0) is 23.2. The number of rotatable bonds is 9. The van der Waals surface area contributed by atoms with Crippen molar-refractivity contribution >= 4 is 17.5 Å². The van der Waals surface area contributed by atoms with E-state index in [0.29, 0.717) is 18.1 Å². The molecule has 1 atom stereocenters. The third kappa shape index (κ3) is 5.08. The summed E-state index contributed by atoms with van der Waals surface area (Å²) < 4.78 is 7.65. The number of anilines is 2. The molecule has 2 heterocycles. The normalized spacial score (nSPS) is 15.1. The summed E-state index contributed by atoms with van der Waals surface area (Å²) in [6.07, 6.45) is 6.18. The van der Waals surface area contributed by atoms with E-state index < -0.39 is 6.04 Å². The molecule has 1 aromatic heterocycles. The summed E-state index contributed by atoms with van der Waals surface area (Å²) in [5.41, 5.74) is 4.09. The molecule has 1 amide bonds. The minimum Gasteiger partial charge on any atom is -0.494 e. The minimum atomic E-state index is -0.397. The summed E-state index contributed by atoms with van der Waals surface area (Å²) in [4.78, 5) is 17.8. The van der Waals surface area contributed by atoms with Gasteiger partial charge in [0.15, 0.2) is 0 Å². The smallest absolute Gasteiger partial charge is 0.255 e. The van der Waals surface area contributed by atoms with Gasteiger partial charge < -0.3 is 15.4 Å². The maximum Gasteiger partial charge on any atom is 0.255 e. The fourth-order valence-corrected chi connectivity index (χ4v) is 4.06. The van der Waals surface area contributed by atoms with Crippen molar-refractivity contribution in [3.05, 3.63) is 77.3 Å². The van der Waals surface area contributed by atoms with Gasteiger partial charge >= 0.3 is 0 Å². The highest BCUT2D eigenvalue weighted by Crippen LogP contribution is 2.36. The molecule has 0 aliphatic carbocycles. The first-order valence-corrected chi connectivity index (χ1v) is 11.6. The molecule has 0 radical (unpaired) electrons. The fraction of sp³-hybridized carbons (Fsp3) is 0.346. The lowest BCUT2D eigenvalue weighted by Gasteiger charge is -2.29. The Balaban J connectivity index is 1.58. The van der Waals surface area contributed by atoms with E-state index in [0.717, 1.165) is 34.7 Å². The average Bonchev–Trinajstić information content (AvgIpc) is 3.28. The molecule has 0 saturated heterocycles. The number of nitrogens with zero attached hydrogens (tertiary/aromatic N) is 3. The van der Waals surface area contributed by atoms with Crippen LogP contribution in [0.2, 0.25) is 0 Å². The molecule has 7 nitrogen and oxygen atoms in total. The fourth-order valence-electron chi connectivity index (χ4n) is 4.06. The topological polar surface area (TPSA) is 81.1 Å². The summed E-state index contributed by atoms with van der Waals surface area (Å²) in [7, 11) is 0. The predicted octanol–water partition coefficient (Wildman–Crippen LogP) is 5.47. The van der Waals surface area contributed by atoms with Crippen molar-refractivity contribution in [3.8, 4) is 5.75 Å². The summed E-state index contributed by atoms with van der Waals surface area (Å²) in [6.45, 7) is 6.78. The summed E-state index contributed by atoms with van der Waals surface area (Å²) >= 11 is 0. The maximum atomic E-state index is 13.4. The highest BCUT2D eigenvalue weighted by molar-refractivity contribution is 6.06. The van der Waals surface area contributed by atoms with Crippen molar-refractivity contribution in [2.45, 2.75) is 52.5 Å². The lowest BCUT2D eigenvalue weighted by molar-refractivity contribution is -0.113. The van der Waals surface area contributed by atoms with Crippen LogP contribution in [0.15, 0.2) is 66.1 Å². The number of ether oxygens (including phenoxy) is 1. The summed E-state index contributed by atoms with van der Waals surface area (Å²) in [5, 5.41) is 10.7. The lowest BCUT2D eigenvalue weighted by Crippen LogP contribution is -2.31. The molecular formula is C26H31N5O2. The number of carbonyl (C=O) groups is 1. The van der Waals surface area contributed by atoms with Gasteiger partial charge in [0, 0.05) is 11.4 Å². The van der Waals surface area contributed by atoms with Crippen LogP contribution in [0.5, 0.6) is 5.75 Å². The van der Waals surface area contributed by atoms with Crippen LogP contribution in [0.1, 0.15) is 56.7 Å². The third-order valence-corrected chi connectivity index (χ3v) is 5.89. The van der Waals surface area contributed by atoms with Gasteiger partial charge in [-0.2, -0.15) is 10.1 Å². The second-order valence-corrected chi connectivity index (χ2v) is 8.34. The zero-order valence-corrected chi connectivity index (χ0v) is 19.5. The molecule has 1 aliphatic rings. The van der Waals surface area contributed by atoms with Gasteiger partial charge in [-0.05, 0) is 49.6 Å². The second kappa shape index (κ2) is 10.3. The molecular weight excluding hydrogens is 414 g/mol. The van der Waals surface area contributed by atoms with Crippen molar-refractivity contribution in [2.24, 2.45) is 0 Å². The average molecular weight is 446 g/mol. The quantitative estimate of drug-likeness (QED) is 0.427. The Kier molecular flexibility index (Phi) is 7.07. The Bertz CT molecular complexity index is 1130. The van der Waals surface area contributed by atoms with E-state index in [1.165, 1.54) is 25.6 Å². The highest BCUT2D eigenvalue weighted by atomic mass is 16.5. The van der Waals surface area contributed by atoms with Gasteiger partial charge in [0.2, 0.25) is 5.95 Å². The number of hydrogen-bond donors (Lipinski definition) is 2. The Hall–Kier alpha value is -3.61. The first-order chi connectivity index (χ1) is 16.1. The van der Waals surface area contributed by atoms with E-state index in [1.807, 2.05) is 62.4 Å². The van der Waals surface area contributed by atoms with Crippen molar-refractivity contribution < 1.29 is 9.53 Å². The first-order valence-electron chi connectivity index (χ1n) is 11.6. The molecule has 4 rings (SSSR count). The van der Waals surface area contributed by atoms with Crippen LogP contribution in [-0.2, 0) is 4.79 Å². The molecule has 2 aromatic carbocycles.